The molecule has 0 saturated carbocycles. The minimum atomic E-state index is -3.73. The highest BCUT2D eigenvalue weighted by molar-refractivity contribution is 8.00. The van der Waals surface area contributed by atoms with Gasteiger partial charge in [-0.25, -0.2) is 13.1 Å². The fraction of sp³-hybridized carbons (Fsp3) is 0. The van der Waals surface area contributed by atoms with Crippen LogP contribution in [0, 0.1) is 0 Å². The van der Waals surface area contributed by atoms with E-state index in [9.17, 15) is 13.2 Å². The summed E-state index contributed by atoms with van der Waals surface area (Å²) in [6.45, 7) is 0. The first-order valence-corrected chi connectivity index (χ1v) is 7.81. The maximum atomic E-state index is 11.9. The van der Waals surface area contributed by atoms with Gasteiger partial charge in [-0.1, -0.05) is 36.0 Å². The molecule has 6 heteroatoms. The number of carbonyl (C=O) groups is 1. The molecular weight excluding hydrogens is 282 g/mol. The summed E-state index contributed by atoms with van der Waals surface area (Å²) in [6, 6.07) is 14.3. The van der Waals surface area contributed by atoms with Crippen molar-refractivity contribution in [2.75, 3.05) is 0 Å². The molecule has 0 aromatic heterocycles. The van der Waals surface area contributed by atoms with Gasteiger partial charge < -0.3 is 0 Å². The quantitative estimate of drug-likeness (QED) is 0.922. The van der Waals surface area contributed by atoms with Gasteiger partial charge in [0.25, 0.3) is 15.9 Å². The van der Waals surface area contributed by atoms with Crippen LogP contribution in [0.25, 0.3) is 0 Å². The molecule has 0 unspecified atom stereocenters. The third-order valence-corrected chi connectivity index (χ3v) is 5.32. The number of nitrogens with one attached hydrogen (secondary N) is 1. The topological polar surface area (TPSA) is 63.2 Å². The van der Waals surface area contributed by atoms with Gasteiger partial charge >= 0.3 is 0 Å². The lowest BCUT2D eigenvalue weighted by Crippen LogP contribution is -2.20. The Morgan fingerprint density at radius 2 is 1.68 bits per heavy atom. The van der Waals surface area contributed by atoms with E-state index >= 15 is 0 Å². The van der Waals surface area contributed by atoms with Gasteiger partial charge in [-0.15, -0.1) is 0 Å². The van der Waals surface area contributed by atoms with E-state index in [4.69, 9.17) is 0 Å². The first kappa shape index (κ1) is 12.3. The zero-order chi connectivity index (χ0) is 13.5. The normalized spacial score (nSPS) is 15.9. The van der Waals surface area contributed by atoms with Crippen LogP contribution in [0.5, 0.6) is 0 Å². The third kappa shape index (κ3) is 2.13. The van der Waals surface area contributed by atoms with E-state index in [0.29, 0.717) is 4.90 Å². The molecule has 19 heavy (non-hydrogen) atoms. The van der Waals surface area contributed by atoms with Crippen molar-refractivity contribution in [3.8, 4) is 0 Å². The molecule has 3 rings (SSSR count). The van der Waals surface area contributed by atoms with Crippen LogP contribution < -0.4 is 4.72 Å². The second kappa shape index (κ2) is 4.40. The highest BCUT2D eigenvalue weighted by Crippen LogP contribution is 2.36. The molecular formula is C13H9NO3S2. The van der Waals surface area contributed by atoms with E-state index in [1.54, 1.807) is 12.1 Å². The lowest BCUT2D eigenvalue weighted by molar-refractivity contribution is 0.0985. The van der Waals surface area contributed by atoms with Gasteiger partial charge in [0.1, 0.15) is 4.90 Å². The molecule has 1 heterocycles. The number of benzene rings is 2. The predicted molar refractivity (Wildman–Crippen MR) is 71.7 cm³/mol. The first-order valence-electron chi connectivity index (χ1n) is 5.51. The van der Waals surface area contributed by atoms with Gasteiger partial charge in [-0.3, -0.25) is 4.79 Å². The van der Waals surface area contributed by atoms with Crippen LogP contribution in [0.2, 0.25) is 0 Å². The Hall–Kier alpha value is -1.79. The first-order chi connectivity index (χ1) is 9.08. The van der Waals surface area contributed by atoms with Crippen molar-refractivity contribution >= 4 is 27.7 Å². The fourth-order valence-electron chi connectivity index (χ4n) is 1.90. The van der Waals surface area contributed by atoms with Crippen LogP contribution in [0.3, 0.4) is 0 Å². The summed E-state index contributed by atoms with van der Waals surface area (Å²) in [6.07, 6.45) is 0. The SMILES string of the molecule is O=C1NS(=O)(=O)c2c(Sc3ccccc3)cccc21. The molecule has 0 bridgehead atoms. The average molecular weight is 291 g/mol. The van der Waals surface area contributed by atoms with Crippen LogP contribution in [0.1, 0.15) is 10.4 Å². The van der Waals surface area contributed by atoms with Crippen molar-refractivity contribution in [1.29, 1.82) is 0 Å². The Morgan fingerprint density at radius 3 is 2.42 bits per heavy atom. The number of amides is 1. The van der Waals surface area contributed by atoms with Crippen LogP contribution >= 0.6 is 11.8 Å². The molecule has 1 N–H and O–H groups in total. The Bertz CT molecular complexity index is 755. The second-order valence-electron chi connectivity index (χ2n) is 3.98. The summed E-state index contributed by atoms with van der Waals surface area (Å²) in [4.78, 5) is 13.1. The van der Waals surface area contributed by atoms with E-state index in [1.165, 1.54) is 17.8 Å². The van der Waals surface area contributed by atoms with E-state index < -0.39 is 15.9 Å². The molecule has 2 aromatic rings. The third-order valence-electron chi connectivity index (χ3n) is 2.69. The van der Waals surface area contributed by atoms with Gasteiger partial charge in [0.05, 0.1) is 5.56 Å². The molecule has 0 radical (unpaired) electrons. The number of carbonyl (C=O) groups excluding carboxylic acids is 1. The van der Waals surface area contributed by atoms with Crippen molar-refractivity contribution in [3.63, 3.8) is 0 Å². The Morgan fingerprint density at radius 1 is 0.947 bits per heavy atom. The summed E-state index contributed by atoms with van der Waals surface area (Å²) < 4.78 is 25.9. The number of sulfonamides is 1. The average Bonchev–Trinajstić information content (AvgIpc) is 2.62. The van der Waals surface area contributed by atoms with Gasteiger partial charge in [0, 0.05) is 9.79 Å². The standard InChI is InChI=1S/C13H9NO3S2/c15-13-10-7-4-8-11(12(10)19(16,17)14-13)18-9-5-2-1-3-6-9/h1-8H,(H,14,15). The molecule has 4 nitrogen and oxygen atoms in total. The highest BCUT2D eigenvalue weighted by Gasteiger charge is 2.34. The molecule has 1 aliphatic heterocycles. The minimum absolute atomic E-state index is 0.0776. The monoisotopic (exact) mass is 291 g/mol. The number of fused-ring (bicyclic) bond motifs is 1. The van der Waals surface area contributed by atoms with Crippen molar-refractivity contribution in [2.24, 2.45) is 0 Å². The van der Waals surface area contributed by atoms with E-state index in [0.717, 1.165) is 4.90 Å². The molecule has 1 aliphatic rings. The lowest BCUT2D eigenvalue weighted by Gasteiger charge is -2.05. The number of hydrogen-bond acceptors (Lipinski definition) is 4. The van der Waals surface area contributed by atoms with Gasteiger partial charge in [0.15, 0.2) is 0 Å². The summed E-state index contributed by atoms with van der Waals surface area (Å²) in [5.41, 5.74) is 0.209. The molecule has 0 saturated heterocycles. The molecule has 0 spiro atoms. The van der Waals surface area contributed by atoms with Crippen molar-refractivity contribution in [1.82, 2.24) is 4.72 Å². The smallest absolute Gasteiger partial charge is 0.266 e. The van der Waals surface area contributed by atoms with Crippen LogP contribution in [-0.4, -0.2) is 14.3 Å². The molecule has 0 atom stereocenters. The zero-order valence-corrected chi connectivity index (χ0v) is 11.3. The molecule has 2 aromatic carbocycles. The number of rotatable bonds is 2. The van der Waals surface area contributed by atoms with Gasteiger partial charge in [0.2, 0.25) is 0 Å². The Balaban J connectivity index is 2.13. The maximum absolute atomic E-state index is 11.9. The molecule has 1 amide bonds. The van der Waals surface area contributed by atoms with Crippen LogP contribution in [0.4, 0.5) is 0 Å². The van der Waals surface area contributed by atoms with Crippen molar-refractivity contribution in [3.05, 3.63) is 54.1 Å². The lowest BCUT2D eigenvalue weighted by atomic mass is 10.2. The largest absolute Gasteiger partial charge is 0.268 e. The molecule has 96 valence electrons. The van der Waals surface area contributed by atoms with Gasteiger partial charge in [-0.2, -0.15) is 0 Å². The predicted octanol–water partition coefficient (Wildman–Crippen LogP) is 2.27. The summed E-state index contributed by atoms with van der Waals surface area (Å²) in [7, 11) is -3.73. The molecule has 0 fully saturated rings. The Kier molecular flexibility index (Phi) is 2.83. The highest BCUT2D eigenvalue weighted by atomic mass is 32.2. The minimum Gasteiger partial charge on any atom is -0.268 e. The zero-order valence-electron chi connectivity index (χ0n) is 9.66. The van der Waals surface area contributed by atoms with Crippen LogP contribution in [0.15, 0.2) is 63.2 Å². The fourth-order valence-corrected chi connectivity index (χ4v) is 4.49. The Labute approximate surface area is 114 Å². The summed E-state index contributed by atoms with van der Waals surface area (Å²) >= 11 is 1.33. The van der Waals surface area contributed by atoms with Gasteiger partial charge in [-0.05, 0) is 24.3 Å². The molecule has 0 aliphatic carbocycles. The van der Waals surface area contributed by atoms with E-state index in [2.05, 4.69) is 0 Å². The maximum Gasteiger partial charge on any atom is 0.266 e. The number of hydrogen-bond donors (Lipinski definition) is 1. The van der Waals surface area contributed by atoms with Crippen LogP contribution in [-0.2, 0) is 10.0 Å². The summed E-state index contributed by atoms with van der Waals surface area (Å²) in [5, 5.41) is 0. The van der Waals surface area contributed by atoms with Crippen molar-refractivity contribution in [2.45, 2.75) is 14.7 Å². The van der Waals surface area contributed by atoms with E-state index in [-0.39, 0.29) is 10.5 Å². The second-order valence-corrected chi connectivity index (χ2v) is 6.72. The van der Waals surface area contributed by atoms with Crippen molar-refractivity contribution < 1.29 is 13.2 Å². The van der Waals surface area contributed by atoms with E-state index in [1.807, 2.05) is 35.1 Å². The summed E-state index contributed by atoms with van der Waals surface area (Å²) in [5.74, 6) is -0.564.